The molecule has 0 radical (unpaired) electrons. The first kappa shape index (κ1) is 15.2. The first-order valence-electron chi connectivity index (χ1n) is 6.84. The summed E-state index contributed by atoms with van der Waals surface area (Å²) in [6.07, 6.45) is 6.06. The van der Waals surface area contributed by atoms with Crippen LogP contribution in [-0.2, 0) is 6.54 Å². The molecule has 3 N–H and O–H groups in total. The number of imidazole rings is 1. The van der Waals surface area contributed by atoms with E-state index in [1.807, 2.05) is 12.4 Å². The smallest absolute Gasteiger partial charge is 0.127 e. The van der Waals surface area contributed by atoms with Crippen LogP contribution in [0.5, 0.6) is 0 Å². The lowest BCUT2D eigenvalue weighted by Gasteiger charge is -2.26. The number of nitrogens with one attached hydrogen (secondary N) is 1. The van der Waals surface area contributed by atoms with Crippen molar-refractivity contribution in [3.05, 3.63) is 18.2 Å². The van der Waals surface area contributed by atoms with Crippen molar-refractivity contribution in [2.45, 2.75) is 60.0 Å². The molecule has 0 fully saturated rings. The van der Waals surface area contributed by atoms with Crippen LogP contribution in [0.15, 0.2) is 12.4 Å². The summed E-state index contributed by atoms with van der Waals surface area (Å²) in [7, 11) is 0. The van der Waals surface area contributed by atoms with Crippen LogP contribution in [0.1, 0.15) is 59.3 Å². The van der Waals surface area contributed by atoms with Gasteiger partial charge in [-0.25, -0.2) is 10.4 Å². The van der Waals surface area contributed by atoms with E-state index < -0.39 is 0 Å². The van der Waals surface area contributed by atoms with E-state index in [0.717, 1.165) is 18.8 Å². The third kappa shape index (κ3) is 4.42. The highest BCUT2D eigenvalue weighted by atomic mass is 15.3. The van der Waals surface area contributed by atoms with E-state index in [1.165, 1.54) is 6.42 Å². The van der Waals surface area contributed by atoms with Crippen molar-refractivity contribution >= 4 is 0 Å². The Morgan fingerprint density at radius 3 is 2.61 bits per heavy atom. The maximum atomic E-state index is 5.70. The van der Waals surface area contributed by atoms with Gasteiger partial charge in [0.15, 0.2) is 0 Å². The van der Waals surface area contributed by atoms with Gasteiger partial charge in [0.05, 0.1) is 6.04 Å². The van der Waals surface area contributed by atoms with Crippen LogP contribution >= 0.6 is 0 Å². The molecule has 2 unspecified atom stereocenters. The minimum absolute atomic E-state index is 0.136. The average molecular weight is 252 g/mol. The topological polar surface area (TPSA) is 55.9 Å². The Labute approximate surface area is 111 Å². The molecular formula is C14H28N4. The number of hydrogen-bond acceptors (Lipinski definition) is 3. The largest absolute Gasteiger partial charge is 0.334 e. The molecule has 0 amide bonds. The summed E-state index contributed by atoms with van der Waals surface area (Å²) in [6, 6.07) is 0.136. The molecule has 0 saturated heterocycles. The quantitative estimate of drug-likeness (QED) is 0.604. The predicted octanol–water partition coefficient (Wildman–Crippen LogP) is 2.87. The number of nitrogens with two attached hydrogens (primary N) is 1. The summed E-state index contributed by atoms with van der Waals surface area (Å²) >= 11 is 0. The van der Waals surface area contributed by atoms with Gasteiger partial charge in [0, 0.05) is 18.9 Å². The third-order valence-corrected chi connectivity index (χ3v) is 3.20. The van der Waals surface area contributed by atoms with Crippen molar-refractivity contribution in [3.63, 3.8) is 0 Å². The summed E-state index contributed by atoms with van der Waals surface area (Å²) in [5.74, 6) is 7.36. The van der Waals surface area contributed by atoms with Crippen LogP contribution in [0.3, 0.4) is 0 Å². The normalized spacial score (nSPS) is 15.7. The summed E-state index contributed by atoms with van der Waals surface area (Å²) in [6.45, 7) is 12.2. The van der Waals surface area contributed by atoms with E-state index in [4.69, 9.17) is 5.84 Å². The van der Waals surface area contributed by atoms with E-state index in [9.17, 15) is 0 Å². The standard InChI is InChI=1S/C14H28N4/c1-6-18-8-7-16-13(18)12(17-15)9-11(2)10-14(3,4)5/h7-8,11-12,17H,6,9-10,15H2,1-5H3. The van der Waals surface area contributed by atoms with Crippen LogP contribution < -0.4 is 11.3 Å². The highest BCUT2D eigenvalue weighted by Crippen LogP contribution is 2.29. The van der Waals surface area contributed by atoms with Gasteiger partial charge in [-0.15, -0.1) is 0 Å². The molecule has 2 atom stereocenters. The van der Waals surface area contributed by atoms with Gasteiger partial charge in [-0.05, 0) is 31.1 Å². The molecule has 4 nitrogen and oxygen atoms in total. The number of hydrogen-bond donors (Lipinski definition) is 2. The molecule has 104 valence electrons. The highest BCUT2D eigenvalue weighted by Gasteiger charge is 2.21. The molecule has 0 aliphatic rings. The maximum absolute atomic E-state index is 5.70. The Bertz CT molecular complexity index is 351. The molecule has 1 rings (SSSR count). The monoisotopic (exact) mass is 252 g/mol. The SMILES string of the molecule is CCn1ccnc1C(CC(C)CC(C)(C)C)NN. The second kappa shape index (κ2) is 6.34. The Kier molecular flexibility index (Phi) is 5.35. The molecule has 0 bridgehead atoms. The van der Waals surface area contributed by atoms with Crippen molar-refractivity contribution in [3.8, 4) is 0 Å². The van der Waals surface area contributed by atoms with Crippen LogP contribution in [0.25, 0.3) is 0 Å². The minimum atomic E-state index is 0.136. The highest BCUT2D eigenvalue weighted by molar-refractivity contribution is 4.99. The molecule has 0 aliphatic carbocycles. The fourth-order valence-corrected chi connectivity index (χ4v) is 2.68. The summed E-state index contributed by atoms with van der Waals surface area (Å²) in [4.78, 5) is 4.43. The molecule has 4 heteroatoms. The van der Waals surface area contributed by atoms with Gasteiger partial charge in [0.1, 0.15) is 5.82 Å². The lowest BCUT2D eigenvalue weighted by molar-refractivity contribution is 0.271. The summed E-state index contributed by atoms with van der Waals surface area (Å²) in [5, 5.41) is 0. The summed E-state index contributed by atoms with van der Waals surface area (Å²) < 4.78 is 2.15. The minimum Gasteiger partial charge on any atom is -0.334 e. The molecule has 0 aliphatic heterocycles. The third-order valence-electron chi connectivity index (χ3n) is 3.20. The van der Waals surface area contributed by atoms with Gasteiger partial charge in [0.25, 0.3) is 0 Å². The molecule has 0 saturated carbocycles. The van der Waals surface area contributed by atoms with Crippen molar-refractivity contribution < 1.29 is 0 Å². The number of hydrazine groups is 1. The zero-order chi connectivity index (χ0) is 13.8. The summed E-state index contributed by atoms with van der Waals surface area (Å²) in [5.41, 5.74) is 3.27. The second-order valence-electron chi connectivity index (χ2n) is 6.40. The molecule has 1 heterocycles. The van der Waals surface area contributed by atoms with Crippen molar-refractivity contribution in [2.24, 2.45) is 17.2 Å². The van der Waals surface area contributed by atoms with Gasteiger partial charge in [0.2, 0.25) is 0 Å². The van der Waals surface area contributed by atoms with Gasteiger partial charge >= 0.3 is 0 Å². The fourth-order valence-electron chi connectivity index (χ4n) is 2.68. The van der Waals surface area contributed by atoms with Crippen molar-refractivity contribution in [1.82, 2.24) is 15.0 Å². The van der Waals surface area contributed by atoms with Gasteiger partial charge in [-0.1, -0.05) is 27.7 Å². The molecule has 0 aromatic carbocycles. The van der Waals surface area contributed by atoms with Gasteiger partial charge < -0.3 is 4.57 Å². The molecule has 1 aromatic heterocycles. The Morgan fingerprint density at radius 1 is 1.44 bits per heavy atom. The van der Waals surface area contributed by atoms with E-state index in [0.29, 0.717) is 11.3 Å². The first-order valence-corrected chi connectivity index (χ1v) is 6.84. The predicted molar refractivity (Wildman–Crippen MR) is 75.8 cm³/mol. The maximum Gasteiger partial charge on any atom is 0.127 e. The lowest BCUT2D eigenvalue weighted by Crippen LogP contribution is -2.32. The number of rotatable bonds is 6. The van der Waals surface area contributed by atoms with E-state index in [2.05, 4.69) is 49.6 Å². The first-order chi connectivity index (χ1) is 8.37. The van der Waals surface area contributed by atoms with Crippen LogP contribution in [0.4, 0.5) is 0 Å². The lowest BCUT2D eigenvalue weighted by atomic mass is 9.83. The number of aryl methyl sites for hydroxylation is 1. The molecule has 0 spiro atoms. The molecule has 1 aromatic rings. The van der Waals surface area contributed by atoms with Gasteiger partial charge in [-0.2, -0.15) is 0 Å². The van der Waals surface area contributed by atoms with E-state index >= 15 is 0 Å². The Balaban J connectivity index is 2.68. The van der Waals surface area contributed by atoms with Gasteiger partial charge in [-0.3, -0.25) is 5.84 Å². The fraction of sp³-hybridized carbons (Fsp3) is 0.786. The zero-order valence-corrected chi connectivity index (χ0v) is 12.4. The number of aromatic nitrogens is 2. The Hall–Kier alpha value is -0.870. The van der Waals surface area contributed by atoms with Crippen LogP contribution in [0.2, 0.25) is 0 Å². The second-order valence-corrected chi connectivity index (χ2v) is 6.40. The van der Waals surface area contributed by atoms with E-state index in [1.54, 1.807) is 0 Å². The van der Waals surface area contributed by atoms with Crippen molar-refractivity contribution in [1.29, 1.82) is 0 Å². The molecular weight excluding hydrogens is 224 g/mol. The number of nitrogens with zero attached hydrogens (tertiary/aromatic N) is 2. The van der Waals surface area contributed by atoms with Crippen LogP contribution in [-0.4, -0.2) is 9.55 Å². The average Bonchev–Trinajstić information content (AvgIpc) is 2.71. The van der Waals surface area contributed by atoms with Crippen LogP contribution in [0, 0.1) is 11.3 Å². The van der Waals surface area contributed by atoms with Crippen molar-refractivity contribution in [2.75, 3.05) is 0 Å². The molecule has 18 heavy (non-hydrogen) atoms. The van der Waals surface area contributed by atoms with E-state index in [-0.39, 0.29) is 6.04 Å². The Morgan fingerprint density at radius 2 is 2.11 bits per heavy atom. The zero-order valence-electron chi connectivity index (χ0n) is 12.4.